The van der Waals surface area contributed by atoms with E-state index in [9.17, 15) is 10.2 Å². The van der Waals surface area contributed by atoms with Gasteiger partial charge in [-0.15, -0.1) is 0 Å². The van der Waals surface area contributed by atoms with Gasteiger partial charge in [0.25, 0.3) is 0 Å². The van der Waals surface area contributed by atoms with E-state index in [0.717, 1.165) is 56.0 Å². The molecule has 2 aliphatic heterocycles. The molecule has 1 spiro atoms. The predicted molar refractivity (Wildman–Crippen MR) is 107 cm³/mol. The van der Waals surface area contributed by atoms with Crippen molar-refractivity contribution in [2.24, 2.45) is 10.9 Å². The number of phenolic OH excluding ortho intramolecular Hbond substituents is 1. The molecule has 28 heavy (non-hydrogen) atoms. The first-order valence-corrected chi connectivity index (χ1v) is 11.0. The van der Waals surface area contributed by atoms with Crippen LogP contribution in [0, 0.1) is 5.92 Å². The van der Waals surface area contributed by atoms with E-state index in [2.05, 4.69) is 24.8 Å². The van der Waals surface area contributed by atoms with Gasteiger partial charge in [0.05, 0.1) is 16.7 Å². The minimum absolute atomic E-state index is 0.136. The Morgan fingerprint density at radius 3 is 2.86 bits per heavy atom. The van der Waals surface area contributed by atoms with E-state index in [1.807, 2.05) is 0 Å². The van der Waals surface area contributed by atoms with Gasteiger partial charge in [0.1, 0.15) is 6.10 Å². The summed E-state index contributed by atoms with van der Waals surface area (Å²) in [5.74, 6) is 1.62. The average molecular weight is 383 g/mol. The molecule has 0 amide bonds. The third-order valence-electron chi connectivity index (χ3n) is 8.00. The molecule has 1 aromatic carbocycles. The van der Waals surface area contributed by atoms with Crippen LogP contribution in [0.2, 0.25) is 0 Å². The fourth-order valence-electron chi connectivity index (χ4n) is 6.74. The van der Waals surface area contributed by atoms with Crippen LogP contribution in [0.5, 0.6) is 11.5 Å². The van der Waals surface area contributed by atoms with Crippen molar-refractivity contribution in [1.29, 1.82) is 0 Å². The molecule has 0 radical (unpaired) electrons. The molecule has 0 aromatic heterocycles. The van der Waals surface area contributed by atoms with Crippen molar-refractivity contribution in [3.05, 3.63) is 23.3 Å². The van der Waals surface area contributed by atoms with E-state index in [1.165, 1.54) is 18.4 Å². The molecule has 2 heterocycles. The summed E-state index contributed by atoms with van der Waals surface area (Å²) in [4.78, 5) is 7.48. The first-order valence-electron chi connectivity index (χ1n) is 11.0. The summed E-state index contributed by atoms with van der Waals surface area (Å²) in [5, 5.41) is 22.9. The van der Waals surface area contributed by atoms with Crippen LogP contribution < -0.4 is 4.74 Å². The van der Waals surface area contributed by atoms with Gasteiger partial charge in [-0.3, -0.25) is 9.89 Å². The molecule has 4 atom stereocenters. The van der Waals surface area contributed by atoms with E-state index in [0.29, 0.717) is 5.75 Å². The summed E-state index contributed by atoms with van der Waals surface area (Å²) in [5.41, 5.74) is 2.12. The van der Waals surface area contributed by atoms with Crippen molar-refractivity contribution in [3.63, 3.8) is 0 Å². The van der Waals surface area contributed by atoms with Crippen molar-refractivity contribution < 1.29 is 14.9 Å². The lowest BCUT2D eigenvalue weighted by molar-refractivity contribution is -0.166. The van der Waals surface area contributed by atoms with E-state index in [-0.39, 0.29) is 23.9 Å². The van der Waals surface area contributed by atoms with Gasteiger partial charge in [-0.2, -0.15) is 0 Å². The van der Waals surface area contributed by atoms with Crippen molar-refractivity contribution in [2.45, 2.75) is 81.6 Å². The highest BCUT2D eigenvalue weighted by Crippen LogP contribution is 2.65. The SMILES string of the molecule is CC(C)N=C1CC[C@@]2(O)[C@H]3Cc4ccc(O)c5c4[C@@]2(CCN3CC2CC2)[C@H]1O5. The zero-order chi connectivity index (χ0) is 19.3. The maximum Gasteiger partial charge on any atom is 0.166 e. The Hall–Kier alpha value is -1.59. The lowest BCUT2D eigenvalue weighted by Crippen LogP contribution is -2.76. The van der Waals surface area contributed by atoms with E-state index in [4.69, 9.17) is 9.73 Å². The number of hydrogen-bond donors (Lipinski definition) is 2. The largest absolute Gasteiger partial charge is 0.504 e. The molecule has 2 N–H and O–H groups in total. The fraction of sp³-hybridized carbons (Fsp3) is 0.696. The van der Waals surface area contributed by atoms with Crippen molar-refractivity contribution in [2.75, 3.05) is 13.1 Å². The summed E-state index contributed by atoms with van der Waals surface area (Å²) >= 11 is 0. The van der Waals surface area contributed by atoms with Crippen LogP contribution in [-0.4, -0.2) is 57.7 Å². The first-order chi connectivity index (χ1) is 13.4. The minimum atomic E-state index is -0.813. The van der Waals surface area contributed by atoms with Gasteiger partial charge >= 0.3 is 0 Å². The van der Waals surface area contributed by atoms with Gasteiger partial charge in [0.2, 0.25) is 0 Å². The molecular formula is C23H30N2O3. The number of benzene rings is 1. The zero-order valence-electron chi connectivity index (χ0n) is 16.8. The molecule has 1 saturated heterocycles. The minimum Gasteiger partial charge on any atom is -0.504 e. The van der Waals surface area contributed by atoms with Crippen LogP contribution in [-0.2, 0) is 11.8 Å². The number of piperidine rings is 1. The highest BCUT2D eigenvalue weighted by Gasteiger charge is 2.72. The van der Waals surface area contributed by atoms with E-state index in [1.54, 1.807) is 6.07 Å². The Morgan fingerprint density at radius 1 is 1.29 bits per heavy atom. The molecule has 5 nitrogen and oxygen atoms in total. The Balaban J connectivity index is 1.55. The van der Waals surface area contributed by atoms with Crippen LogP contribution in [0.25, 0.3) is 0 Å². The number of aliphatic hydroxyl groups is 1. The number of nitrogens with zero attached hydrogens (tertiary/aromatic N) is 2. The van der Waals surface area contributed by atoms with Crippen molar-refractivity contribution in [1.82, 2.24) is 4.90 Å². The van der Waals surface area contributed by atoms with Gasteiger partial charge in [-0.1, -0.05) is 6.07 Å². The Bertz CT molecular complexity index is 877. The Labute approximate surface area is 166 Å². The quantitative estimate of drug-likeness (QED) is 0.844. The predicted octanol–water partition coefficient (Wildman–Crippen LogP) is 2.81. The first kappa shape index (κ1) is 17.3. The molecule has 1 aromatic rings. The van der Waals surface area contributed by atoms with Gasteiger partial charge in [-0.25, -0.2) is 0 Å². The second-order valence-corrected chi connectivity index (χ2v) is 9.96. The average Bonchev–Trinajstić information content (AvgIpc) is 3.38. The third kappa shape index (κ3) is 2.02. The second-order valence-electron chi connectivity index (χ2n) is 9.96. The summed E-state index contributed by atoms with van der Waals surface area (Å²) < 4.78 is 6.46. The lowest BCUT2D eigenvalue weighted by Gasteiger charge is -2.63. The van der Waals surface area contributed by atoms with Crippen LogP contribution in [0.3, 0.4) is 0 Å². The van der Waals surface area contributed by atoms with Crippen LogP contribution >= 0.6 is 0 Å². The highest BCUT2D eigenvalue weighted by atomic mass is 16.5. The second kappa shape index (κ2) is 5.51. The molecule has 2 saturated carbocycles. The highest BCUT2D eigenvalue weighted by molar-refractivity contribution is 5.94. The van der Waals surface area contributed by atoms with Gasteiger partial charge in [0, 0.05) is 24.2 Å². The summed E-state index contributed by atoms with van der Waals surface area (Å²) in [7, 11) is 0. The van der Waals surface area contributed by atoms with E-state index < -0.39 is 11.0 Å². The number of aromatic hydroxyl groups is 1. The molecule has 6 rings (SSSR count). The number of aliphatic imine (C=N–C) groups is 1. The molecule has 5 heteroatoms. The maximum absolute atomic E-state index is 12.3. The number of likely N-dealkylation sites (tertiary alicyclic amines) is 1. The van der Waals surface area contributed by atoms with E-state index >= 15 is 0 Å². The third-order valence-corrected chi connectivity index (χ3v) is 8.00. The van der Waals surface area contributed by atoms with Crippen LogP contribution in [0.4, 0.5) is 0 Å². The maximum atomic E-state index is 12.3. The topological polar surface area (TPSA) is 65.3 Å². The molecule has 3 fully saturated rings. The molecular weight excluding hydrogens is 352 g/mol. The Kier molecular flexibility index (Phi) is 3.40. The summed E-state index contributed by atoms with van der Waals surface area (Å²) in [6.07, 6.45) is 5.65. The number of rotatable bonds is 3. The number of phenols is 1. The molecule has 2 bridgehead atoms. The molecule has 0 unspecified atom stereocenters. The molecule has 5 aliphatic rings. The van der Waals surface area contributed by atoms with Gasteiger partial charge in [0.15, 0.2) is 11.5 Å². The normalized spacial score (nSPS) is 39.9. The monoisotopic (exact) mass is 382 g/mol. The fourth-order valence-corrected chi connectivity index (χ4v) is 6.74. The lowest BCUT2D eigenvalue weighted by atomic mass is 9.49. The van der Waals surface area contributed by atoms with Gasteiger partial charge < -0.3 is 14.9 Å². The van der Waals surface area contributed by atoms with Gasteiger partial charge in [-0.05, 0) is 76.5 Å². The molecule has 150 valence electrons. The molecule has 3 aliphatic carbocycles. The summed E-state index contributed by atoms with van der Waals surface area (Å²) in [6, 6.07) is 4.17. The van der Waals surface area contributed by atoms with Crippen molar-refractivity contribution >= 4 is 5.71 Å². The number of ether oxygens (including phenoxy) is 1. The van der Waals surface area contributed by atoms with Crippen molar-refractivity contribution in [3.8, 4) is 11.5 Å². The summed E-state index contributed by atoms with van der Waals surface area (Å²) in [6.45, 7) is 6.30. The number of hydrogen-bond acceptors (Lipinski definition) is 5. The standard InChI is InChI=1S/C23H30N2O3/c1-13(2)24-16-7-8-23(27)18-11-15-5-6-17(26)20-19(15)22(23,21(16)28-20)9-10-25(18)12-14-3-4-14/h5-6,13-14,18,21,26-27H,3-4,7-12H2,1-2H3/t18-,21+,22+,23-/m1/s1. The Morgan fingerprint density at radius 2 is 2.11 bits per heavy atom. The zero-order valence-corrected chi connectivity index (χ0v) is 16.8. The van der Waals surface area contributed by atoms with Crippen LogP contribution in [0.1, 0.15) is 57.1 Å². The van der Waals surface area contributed by atoms with Crippen LogP contribution in [0.15, 0.2) is 17.1 Å². The smallest absolute Gasteiger partial charge is 0.166 e.